The Morgan fingerprint density at radius 3 is 3.03 bits per heavy atom. The van der Waals surface area contributed by atoms with Gasteiger partial charge in [-0.1, -0.05) is 5.92 Å². The van der Waals surface area contributed by atoms with Gasteiger partial charge >= 0.3 is 0 Å². The third-order valence-corrected chi connectivity index (χ3v) is 5.32. The first-order valence-corrected chi connectivity index (χ1v) is 10.0. The summed E-state index contributed by atoms with van der Waals surface area (Å²) in [4.78, 5) is 11.5. The van der Waals surface area contributed by atoms with Gasteiger partial charge in [-0.2, -0.15) is 10.4 Å². The minimum Gasteiger partial charge on any atom is -0.367 e. The zero-order valence-electron chi connectivity index (χ0n) is 16.9. The summed E-state index contributed by atoms with van der Waals surface area (Å²) < 4.78 is 0. The van der Waals surface area contributed by atoms with Gasteiger partial charge in [-0.05, 0) is 31.9 Å². The number of nitrogens with zero attached hydrogens (tertiary/aromatic N) is 5. The molecule has 3 aromatic heterocycles. The van der Waals surface area contributed by atoms with Crippen molar-refractivity contribution in [2.24, 2.45) is 0 Å². The van der Waals surface area contributed by atoms with Gasteiger partial charge < -0.3 is 10.6 Å². The molecule has 30 heavy (non-hydrogen) atoms. The van der Waals surface area contributed by atoms with Gasteiger partial charge in [0.1, 0.15) is 11.6 Å². The molecule has 1 fully saturated rings. The number of likely N-dealkylation sites (tertiary alicyclic amines) is 1. The molecule has 152 valence electrons. The summed E-state index contributed by atoms with van der Waals surface area (Å²) >= 11 is 0. The first kappa shape index (κ1) is 19.7. The van der Waals surface area contributed by atoms with E-state index in [1.807, 2.05) is 31.2 Å². The van der Waals surface area contributed by atoms with Crippen LogP contribution in [-0.4, -0.2) is 50.2 Å². The van der Waals surface area contributed by atoms with E-state index in [2.05, 4.69) is 42.7 Å². The van der Waals surface area contributed by atoms with Crippen molar-refractivity contribution >= 4 is 28.4 Å². The van der Waals surface area contributed by atoms with E-state index < -0.39 is 0 Å². The van der Waals surface area contributed by atoms with Crippen molar-refractivity contribution in [3.05, 3.63) is 36.2 Å². The highest BCUT2D eigenvalue weighted by atomic mass is 15.2. The molecule has 0 unspecified atom stereocenters. The minimum absolute atomic E-state index is 0.0160. The molecule has 1 saturated heterocycles. The fraction of sp³-hybridized carbons (Fsp3) is 0.364. The summed E-state index contributed by atoms with van der Waals surface area (Å²) in [6.45, 7) is 3.52. The molecular weight excluding hydrogens is 376 g/mol. The number of H-pyrrole nitrogens is 1. The maximum absolute atomic E-state index is 8.87. The number of aromatic nitrogens is 4. The quantitative estimate of drug-likeness (QED) is 0.546. The van der Waals surface area contributed by atoms with Crippen LogP contribution in [0.5, 0.6) is 0 Å². The molecule has 0 amide bonds. The lowest BCUT2D eigenvalue weighted by molar-refractivity contribution is 0.181. The Bertz CT molecular complexity index is 1110. The van der Waals surface area contributed by atoms with Crippen LogP contribution in [0.3, 0.4) is 0 Å². The Labute approximate surface area is 175 Å². The second kappa shape index (κ2) is 8.81. The largest absolute Gasteiger partial charge is 0.367 e. The highest BCUT2D eigenvalue weighted by molar-refractivity contribution is 5.91. The molecule has 8 heteroatoms. The molecular formula is C22H24N8. The number of anilines is 3. The van der Waals surface area contributed by atoms with Gasteiger partial charge in [0.2, 0.25) is 0 Å². The van der Waals surface area contributed by atoms with Crippen molar-refractivity contribution in [3.8, 4) is 18.4 Å². The Morgan fingerprint density at radius 1 is 1.37 bits per heavy atom. The summed E-state index contributed by atoms with van der Waals surface area (Å²) in [6.07, 6.45) is 9.79. The van der Waals surface area contributed by atoms with Crippen LogP contribution in [0.2, 0.25) is 0 Å². The molecule has 3 aromatic rings. The average Bonchev–Trinajstić information content (AvgIpc) is 3.17. The SMILES string of the molecule is C#C[C@@H]1C[C@@H](Nc2nc(Nc3cc(C)[nH]n3)cc3ncccc23)CCN1CCC#N. The second-order valence-corrected chi connectivity index (χ2v) is 7.48. The normalized spacial score (nSPS) is 19.2. The lowest BCUT2D eigenvalue weighted by Gasteiger charge is -2.37. The van der Waals surface area contributed by atoms with Crippen molar-refractivity contribution in [1.82, 2.24) is 25.1 Å². The van der Waals surface area contributed by atoms with Crippen LogP contribution in [0, 0.1) is 30.6 Å². The highest BCUT2D eigenvalue weighted by Crippen LogP contribution is 2.28. The van der Waals surface area contributed by atoms with Crippen molar-refractivity contribution in [1.29, 1.82) is 5.26 Å². The monoisotopic (exact) mass is 400 g/mol. The molecule has 0 aliphatic carbocycles. The Balaban J connectivity index is 1.56. The number of hydrogen-bond acceptors (Lipinski definition) is 7. The maximum atomic E-state index is 8.87. The van der Waals surface area contributed by atoms with E-state index in [-0.39, 0.29) is 12.1 Å². The second-order valence-electron chi connectivity index (χ2n) is 7.48. The van der Waals surface area contributed by atoms with Gasteiger partial charge in [-0.15, -0.1) is 6.42 Å². The van der Waals surface area contributed by atoms with E-state index in [0.29, 0.717) is 24.6 Å². The Hall–Kier alpha value is -3.62. The highest BCUT2D eigenvalue weighted by Gasteiger charge is 2.27. The van der Waals surface area contributed by atoms with Crippen LogP contribution < -0.4 is 10.6 Å². The van der Waals surface area contributed by atoms with E-state index >= 15 is 0 Å². The van der Waals surface area contributed by atoms with E-state index in [1.54, 1.807) is 6.20 Å². The van der Waals surface area contributed by atoms with Gasteiger partial charge in [0.25, 0.3) is 0 Å². The molecule has 2 atom stereocenters. The molecule has 1 aliphatic rings. The molecule has 3 N–H and O–H groups in total. The fourth-order valence-electron chi connectivity index (χ4n) is 3.84. The topological polar surface area (TPSA) is 106 Å². The number of pyridine rings is 2. The molecule has 0 aromatic carbocycles. The molecule has 4 rings (SSSR count). The van der Waals surface area contributed by atoms with E-state index in [0.717, 1.165) is 41.8 Å². The van der Waals surface area contributed by atoms with E-state index in [4.69, 9.17) is 16.7 Å². The van der Waals surface area contributed by atoms with Gasteiger partial charge in [-0.25, -0.2) is 4.98 Å². The van der Waals surface area contributed by atoms with Gasteiger partial charge in [0.05, 0.1) is 17.6 Å². The third-order valence-electron chi connectivity index (χ3n) is 5.32. The van der Waals surface area contributed by atoms with Crippen LogP contribution in [0.4, 0.5) is 17.5 Å². The zero-order chi connectivity index (χ0) is 20.9. The number of nitriles is 1. The zero-order valence-corrected chi connectivity index (χ0v) is 16.9. The first-order valence-electron chi connectivity index (χ1n) is 10.0. The third kappa shape index (κ3) is 4.35. The number of rotatable bonds is 6. The van der Waals surface area contributed by atoms with E-state index in [1.165, 1.54) is 0 Å². The number of aromatic amines is 1. The van der Waals surface area contributed by atoms with Crippen molar-refractivity contribution in [2.45, 2.75) is 38.3 Å². The van der Waals surface area contributed by atoms with E-state index in [9.17, 15) is 0 Å². The van der Waals surface area contributed by atoms with Crippen molar-refractivity contribution in [3.63, 3.8) is 0 Å². The Morgan fingerprint density at radius 2 is 2.27 bits per heavy atom. The van der Waals surface area contributed by atoms with Gasteiger partial charge in [0.15, 0.2) is 5.82 Å². The summed E-state index contributed by atoms with van der Waals surface area (Å²) in [5.41, 5.74) is 1.82. The summed E-state index contributed by atoms with van der Waals surface area (Å²) in [6, 6.07) is 10.2. The van der Waals surface area contributed by atoms with Gasteiger partial charge in [0, 0.05) is 55.0 Å². The molecule has 8 nitrogen and oxygen atoms in total. The number of piperidine rings is 1. The molecule has 0 bridgehead atoms. The molecule has 0 spiro atoms. The van der Waals surface area contributed by atoms with Crippen LogP contribution in [0.25, 0.3) is 10.9 Å². The predicted molar refractivity (Wildman–Crippen MR) is 117 cm³/mol. The lowest BCUT2D eigenvalue weighted by atomic mass is 9.97. The average molecular weight is 400 g/mol. The molecule has 0 saturated carbocycles. The first-order chi connectivity index (χ1) is 14.7. The van der Waals surface area contributed by atoms with Crippen LogP contribution in [0.1, 0.15) is 25.0 Å². The van der Waals surface area contributed by atoms with Crippen LogP contribution >= 0.6 is 0 Å². The molecule has 4 heterocycles. The Kier molecular flexibility index (Phi) is 5.78. The minimum atomic E-state index is 0.0160. The van der Waals surface area contributed by atoms with Crippen LogP contribution in [-0.2, 0) is 0 Å². The summed E-state index contributed by atoms with van der Waals surface area (Å²) in [5.74, 6) is 5.05. The van der Waals surface area contributed by atoms with Crippen molar-refractivity contribution in [2.75, 3.05) is 23.7 Å². The summed E-state index contributed by atoms with van der Waals surface area (Å²) in [5, 5.41) is 23.8. The maximum Gasteiger partial charge on any atom is 0.153 e. The predicted octanol–water partition coefficient (Wildman–Crippen LogP) is 3.20. The number of terminal acetylenes is 1. The number of hydrogen-bond donors (Lipinski definition) is 3. The fourth-order valence-corrected chi connectivity index (χ4v) is 3.84. The number of aryl methyl sites for hydroxylation is 1. The van der Waals surface area contributed by atoms with Crippen molar-refractivity contribution < 1.29 is 0 Å². The number of nitrogens with one attached hydrogen (secondary N) is 3. The van der Waals surface area contributed by atoms with Crippen LogP contribution in [0.15, 0.2) is 30.5 Å². The summed E-state index contributed by atoms with van der Waals surface area (Å²) in [7, 11) is 0. The standard InChI is InChI=1S/C22H24N8/c1-3-17-13-16(7-11-30(17)10-5-8-23)25-22-18-6-4-9-24-19(18)14-20(27-22)26-21-12-15(2)28-29-21/h1,4,6,9,12,14,16-17H,5,7,10-11,13H2,2H3,(H3,25,26,27,28,29)/t16-,17+/m0/s1. The number of fused-ring (bicyclic) bond motifs is 1. The molecule has 1 aliphatic heterocycles. The molecule has 0 radical (unpaired) electrons. The van der Waals surface area contributed by atoms with Gasteiger partial charge in [-0.3, -0.25) is 15.0 Å². The lowest BCUT2D eigenvalue weighted by Crippen LogP contribution is -2.46. The smallest absolute Gasteiger partial charge is 0.153 e.